The van der Waals surface area contributed by atoms with Crippen LogP contribution in [0.3, 0.4) is 0 Å². The van der Waals surface area contributed by atoms with E-state index in [1.807, 2.05) is 37.1 Å². The zero-order valence-corrected chi connectivity index (χ0v) is 11.9. The van der Waals surface area contributed by atoms with Gasteiger partial charge >= 0.3 is 6.09 Å². The standard InChI is InChI=1S/C13H20N2O2S/c1-13(2,3)17-12(16)15-7-6-14-9-10(15)11-5-4-8-18-11/h4-5,8,10,14H,6-7,9H2,1-3H3/t10-/m1/s1. The van der Waals surface area contributed by atoms with Crippen molar-refractivity contribution in [3.05, 3.63) is 22.4 Å². The highest BCUT2D eigenvalue weighted by molar-refractivity contribution is 7.10. The van der Waals surface area contributed by atoms with Gasteiger partial charge in [0.25, 0.3) is 0 Å². The van der Waals surface area contributed by atoms with Crippen molar-refractivity contribution >= 4 is 17.4 Å². The Morgan fingerprint density at radius 1 is 1.56 bits per heavy atom. The first kappa shape index (κ1) is 13.4. The number of carbonyl (C=O) groups excluding carboxylic acids is 1. The van der Waals surface area contributed by atoms with Crippen LogP contribution in [0.4, 0.5) is 4.79 Å². The molecule has 0 aromatic carbocycles. The van der Waals surface area contributed by atoms with Gasteiger partial charge in [-0.3, -0.25) is 4.90 Å². The molecule has 0 aliphatic carbocycles. The maximum atomic E-state index is 12.2. The third kappa shape index (κ3) is 3.23. The molecule has 0 unspecified atom stereocenters. The lowest BCUT2D eigenvalue weighted by atomic mass is 10.1. The average Bonchev–Trinajstić information content (AvgIpc) is 2.80. The van der Waals surface area contributed by atoms with Crippen molar-refractivity contribution in [1.29, 1.82) is 0 Å². The van der Waals surface area contributed by atoms with Crippen LogP contribution in [0.5, 0.6) is 0 Å². The van der Waals surface area contributed by atoms with E-state index in [9.17, 15) is 4.79 Å². The number of thiophene rings is 1. The van der Waals surface area contributed by atoms with Gasteiger partial charge in [0.1, 0.15) is 5.60 Å². The second-order valence-corrected chi connectivity index (χ2v) is 6.39. The summed E-state index contributed by atoms with van der Waals surface area (Å²) in [6, 6.07) is 4.18. The minimum atomic E-state index is -0.443. The molecule has 1 fully saturated rings. The van der Waals surface area contributed by atoms with E-state index in [4.69, 9.17) is 4.74 Å². The SMILES string of the molecule is CC(C)(C)OC(=O)N1CCNC[C@@H]1c1cccs1. The van der Waals surface area contributed by atoms with Crippen LogP contribution in [0.1, 0.15) is 31.7 Å². The average molecular weight is 268 g/mol. The van der Waals surface area contributed by atoms with Gasteiger partial charge in [0.2, 0.25) is 0 Å². The monoisotopic (exact) mass is 268 g/mol. The number of nitrogens with one attached hydrogen (secondary N) is 1. The number of nitrogens with zero attached hydrogens (tertiary/aromatic N) is 1. The Morgan fingerprint density at radius 3 is 2.94 bits per heavy atom. The zero-order valence-electron chi connectivity index (χ0n) is 11.1. The molecule has 1 N–H and O–H groups in total. The molecule has 1 aliphatic rings. The van der Waals surface area contributed by atoms with Crippen LogP contribution in [0.15, 0.2) is 17.5 Å². The fourth-order valence-electron chi connectivity index (χ4n) is 1.98. The number of hydrogen-bond donors (Lipinski definition) is 1. The first-order valence-corrected chi connectivity index (χ1v) is 7.09. The summed E-state index contributed by atoms with van der Waals surface area (Å²) >= 11 is 1.68. The molecule has 1 aromatic heterocycles. The number of rotatable bonds is 1. The van der Waals surface area contributed by atoms with E-state index in [-0.39, 0.29) is 12.1 Å². The van der Waals surface area contributed by atoms with Crippen molar-refractivity contribution in [2.45, 2.75) is 32.4 Å². The fraction of sp³-hybridized carbons (Fsp3) is 0.615. The van der Waals surface area contributed by atoms with Crippen LogP contribution >= 0.6 is 11.3 Å². The highest BCUT2D eigenvalue weighted by Gasteiger charge is 2.31. The number of amides is 1. The maximum absolute atomic E-state index is 12.2. The third-order valence-corrected chi connectivity index (χ3v) is 3.72. The predicted molar refractivity (Wildman–Crippen MR) is 72.9 cm³/mol. The largest absolute Gasteiger partial charge is 0.444 e. The molecule has 18 heavy (non-hydrogen) atoms. The van der Waals surface area contributed by atoms with E-state index >= 15 is 0 Å². The highest BCUT2D eigenvalue weighted by Crippen LogP contribution is 2.27. The van der Waals surface area contributed by atoms with E-state index in [0.29, 0.717) is 6.54 Å². The summed E-state index contributed by atoms with van der Waals surface area (Å²) in [5.74, 6) is 0. The van der Waals surface area contributed by atoms with E-state index in [1.54, 1.807) is 11.3 Å². The number of piperazine rings is 1. The molecule has 1 saturated heterocycles. The second kappa shape index (κ2) is 5.28. The first-order chi connectivity index (χ1) is 8.47. The topological polar surface area (TPSA) is 41.6 Å². The molecule has 1 atom stereocenters. The van der Waals surface area contributed by atoms with E-state index in [1.165, 1.54) is 4.88 Å². The van der Waals surface area contributed by atoms with Gasteiger partial charge in [0.15, 0.2) is 0 Å². The van der Waals surface area contributed by atoms with Gasteiger partial charge < -0.3 is 10.1 Å². The van der Waals surface area contributed by atoms with Crippen molar-refractivity contribution in [2.24, 2.45) is 0 Å². The van der Waals surface area contributed by atoms with Gasteiger partial charge in [-0.2, -0.15) is 0 Å². The Labute approximate surface area is 112 Å². The summed E-state index contributed by atoms with van der Waals surface area (Å²) in [4.78, 5) is 15.2. The Bertz CT molecular complexity index is 398. The highest BCUT2D eigenvalue weighted by atomic mass is 32.1. The number of ether oxygens (including phenoxy) is 1. The van der Waals surface area contributed by atoms with Gasteiger partial charge in [-0.25, -0.2) is 4.79 Å². The Morgan fingerprint density at radius 2 is 2.33 bits per heavy atom. The van der Waals surface area contributed by atoms with Crippen molar-refractivity contribution in [1.82, 2.24) is 10.2 Å². The van der Waals surface area contributed by atoms with Crippen molar-refractivity contribution < 1.29 is 9.53 Å². The van der Waals surface area contributed by atoms with Crippen molar-refractivity contribution in [3.8, 4) is 0 Å². The molecule has 1 aliphatic heterocycles. The van der Waals surface area contributed by atoms with Crippen LogP contribution in [0.25, 0.3) is 0 Å². The summed E-state index contributed by atoms with van der Waals surface area (Å²) in [6.45, 7) is 7.99. The minimum absolute atomic E-state index is 0.0913. The van der Waals surface area contributed by atoms with Crippen LogP contribution in [-0.2, 0) is 4.74 Å². The number of hydrogen-bond acceptors (Lipinski definition) is 4. The molecule has 100 valence electrons. The van der Waals surface area contributed by atoms with E-state index < -0.39 is 5.60 Å². The molecule has 0 spiro atoms. The lowest BCUT2D eigenvalue weighted by molar-refractivity contribution is 0.0122. The summed E-state index contributed by atoms with van der Waals surface area (Å²) in [6.07, 6.45) is -0.220. The fourth-order valence-corrected chi connectivity index (χ4v) is 2.82. The summed E-state index contributed by atoms with van der Waals surface area (Å²) in [5.41, 5.74) is -0.443. The molecule has 0 bridgehead atoms. The normalized spacial score (nSPS) is 20.8. The Hall–Kier alpha value is -1.07. The molecule has 2 rings (SSSR count). The Balaban J connectivity index is 2.11. The van der Waals surface area contributed by atoms with Crippen LogP contribution < -0.4 is 5.32 Å². The molecular weight excluding hydrogens is 248 g/mol. The van der Waals surface area contributed by atoms with Crippen molar-refractivity contribution in [2.75, 3.05) is 19.6 Å². The smallest absolute Gasteiger partial charge is 0.410 e. The molecule has 1 aromatic rings. The Kier molecular flexibility index (Phi) is 3.92. The molecule has 0 radical (unpaired) electrons. The van der Waals surface area contributed by atoms with Crippen LogP contribution in [0, 0.1) is 0 Å². The molecule has 4 nitrogen and oxygen atoms in total. The lowest BCUT2D eigenvalue weighted by Crippen LogP contribution is -2.49. The van der Waals surface area contributed by atoms with Gasteiger partial charge in [0.05, 0.1) is 6.04 Å². The van der Waals surface area contributed by atoms with E-state index in [2.05, 4.69) is 11.4 Å². The maximum Gasteiger partial charge on any atom is 0.410 e. The summed E-state index contributed by atoms with van der Waals surface area (Å²) in [7, 11) is 0. The van der Waals surface area contributed by atoms with Gasteiger partial charge in [-0.15, -0.1) is 11.3 Å². The first-order valence-electron chi connectivity index (χ1n) is 6.21. The predicted octanol–water partition coefficient (Wildman–Crippen LogP) is 2.63. The molecule has 5 heteroatoms. The van der Waals surface area contributed by atoms with Crippen molar-refractivity contribution in [3.63, 3.8) is 0 Å². The van der Waals surface area contributed by atoms with Gasteiger partial charge in [-0.05, 0) is 32.2 Å². The minimum Gasteiger partial charge on any atom is -0.444 e. The quantitative estimate of drug-likeness (QED) is 0.851. The lowest BCUT2D eigenvalue weighted by Gasteiger charge is -2.36. The zero-order chi connectivity index (χ0) is 13.2. The van der Waals surface area contributed by atoms with Gasteiger partial charge in [0, 0.05) is 24.5 Å². The number of carbonyl (C=O) groups is 1. The molecule has 1 amide bonds. The van der Waals surface area contributed by atoms with Crippen LogP contribution in [0.2, 0.25) is 0 Å². The molecular formula is C13H20N2O2S. The van der Waals surface area contributed by atoms with E-state index in [0.717, 1.165) is 13.1 Å². The molecule has 2 heterocycles. The van der Waals surface area contributed by atoms with Crippen LogP contribution in [-0.4, -0.2) is 36.2 Å². The third-order valence-electron chi connectivity index (χ3n) is 2.74. The van der Waals surface area contributed by atoms with Gasteiger partial charge in [-0.1, -0.05) is 6.07 Å². The second-order valence-electron chi connectivity index (χ2n) is 5.41. The molecule has 0 saturated carbocycles. The summed E-state index contributed by atoms with van der Waals surface area (Å²) < 4.78 is 5.47. The summed E-state index contributed by atoms with van der Waals surface area (Å²) in [5, 5.41) is 5.37.